The fourth-order valence-electron chi connectivity index (χ4n) is 8.95. The smallest absolute Gasteiger partial charge is 0.329 e. The molecule has 4 aromatic rings. The predicted octanol–water partition coefficient (Wildman–Crippen LogP) is 1.44. The zero-order valence-electron chi connectivity index (χ0n) is 35.3. The van der Waals surface area contributed by atoms with Gasteiger partial charge in [0.2, 0.25) is 35.9 Å². The normalized spacial score (nSPS) is 19.0. The van der Waals surface area contributed by atoms with Crippen LogP contribution in [0.1, 0.15) is 79.7 Å². The van der Waals surface area contributed by atoms with Crippen LogP contribution in [0, 0.1) is 0 Å². The van der Waals surface area contributed by atoms with Gasteiger partial charge in [-0.2, -0.15) is 0 Å². The van der Waals surface area contributed by atoms with E-state index in [1.807, 2.05) is 18.2 Å². The summed E-state index contributed by atoms with van der Waals surface area (Å²) in [7, 11) is -1.76. The fourth-order valence-corrected chi connectivity index (χ4v) is 9.58. The second kappa shape index (κ2) is 18.6. The summed E-state index contributed by atoms with van der Waals surface area (Å²) in [6.07, 6.45) is 5.49. The van der Waals surface area contributed by atoms with Gasteiger partial charge in [0.1, 0.15) is 18.2 Å². The van der Waals surface area contributed by atoms with Crippen molar-refractivity contribution in [3.8, 4) is 0 Å². The van der Waals surface area contributed by atoms with Crippen molar-refractivity contribution in [1.82, 2.24) is 24.7 Å². The molecule has 0 radical (unpaired) electrons. The molecule has 18 nitrogen and oxygen atoms in total. The molecule has 1 unspecified atom stereocenters. The van der Waals surface area contributed by atoms with Crippen molar-refractivity contribution < 1.29 is 37.2 Å². The van der Waals surface area contributed by atoms with Crippen LogP contribution in [0.5, 0.6) is 0 Å². The van der Waals surface area contributed by atoms with Gasteiger partial charge in [0, 0.05) is 51.3 Å². The monoisotopic (exact) mass is 883 g/mol. The maximum atomic E-state index is 13.9. The summed E-state index contributed by atoms with van der Waals surface area (Å²) >= 11 is 0. The molecule has 1 saturated heterocycles. The first-order chi connectivity index (χ1) is 30.0. The number of nitrogens with one attached hydrogen (secondary N) is 3. The lowest BCUT2D eigenvalue weighted by atomic mass is 9.96. The average Bonchev–Trinajstić information content (AvgIpc) is 3.70. The van der Waals surface area contributed by atoms with Gasteiger partial charge in [-0.15, -0.1) is 0 Å². The van der Waals surface area contributed by atoms with Gasteiger partial charge in [-0.05, 0) is 97.5 Å². The zero-order valence-corrected chi connectivity index (χ0v) is 36.1. The number of rotatable bonds is 18. The van der Waals surface area contributed by atoms with Crippen LogP contribution < -0.4 is 38.0 Å². The number of imidazole rings is 1. The maximum Gasteiger partial charge on any atom is 0.329 e. The zero-order chi connectivity index (χ0) is 45.2. The summed E-state index contributed by atoms with van der Waals surface area (Å²) < 4.78 is 26.8. The van der Waals surface area contributed by atoms with Crippen LogP contribution in [-0.2, 0) is 71.5 Å². The Morgan fingerprint density at radius 2 is 1.70 bits per heavy atom. The molecule has 7 rings (SSSR count). The highest BCUT2D eigenvalue weighted by atomic mass is 32.2. The van der Waals surface area contributed by atoms with Gasteiger partial charge >= 0.3 is 5.69 Å². The number of unbranched alkanes of at least 4 members (excludes halogenated alkanes) is 2. The number of hydrogen-bond donors (Lipinski definition) is 5. The Balaban J connectivity index is 1.00. The number of carbonyl (C=O) groups excluding carboxylic acids is 6. The highest BCUT2D eigenvalue weighted by Crippen LogP contribution is 2.41. The Kier molecular flexibility index (Phi) is 13.2. The third kappa shape index (κ3) is 9.53. The predicted molar refractivity (Wildman–Crippen MR) is 234 cm³/mol. The number of sulfone groups is 1. The summed E-state index contributed by atoms with van der Waals surface area (Å²) in [5.74, 6) is -2.41. The summed E-state index contributed by atoms with van der Waals surface area (Å²) in [6, 6.07) is 13.0. The Morgan fingerprint density at radius 3 is 2.40 bits per heavy atom. The molecule has 4 heterocycles. The summed E-state index contributed by atoms with van der Waals surface area (Å²) in [5.41, 5.74) is 17.9. The first-order valence-corrected chi connectivity index (χ1v) is 23.0. The molecule has 19 heteroatoms. The van der Waals surface area contributed by atoms with Gasteiger partial charge in [-0.25, -0.2) is 13.2 Å². The number of primary amides is 1. The van der Waals surface area contributed by atoms with Crippen LogP contribution >= 0.6 is 0 Å². The number of anilines is 2. The second-order valence-electron chi connectivity index (χ2n) is 16.6. The van der Waals surface area contributed by atoms with Gasteiger partial charge in [0.25, 0.3) is 0 Å². The van der Waals surface area contributed by atoms with Crippen molar-refractivity contribution in [2.75, 3.05) is 23.0 Å². The third-order valence-corrected chi connectivity index (χ3v) is 13.4. The highest BCUT2D eigenvalue weighted by Gasteiger charge is 2.45. The number of piperidine rings is 1. The van der Waals surface area contributed by atoms with Crippen molar-refractivity contribution in [3.05, 3.63) is 87.3 Å². The van der Waals surface area contributed by atoms with Gasteiger partial charge in [0.05, 0.1) is 27.7 Å². The van der Waals surface area contributed by atoms with Crippen molar-refractivity contribution in [2.24, 2.45) is 18.5 Å². The van der Waals surface area contributed by atoms with Crippen LogP contribution in [0.3, 0.4) is 0 Å². The molecule has 7 N–H and O–H groups in total. The number of amides is 6. The molecule has 4 atom stereocenters. The second-order valence-corrected chi connectivity index (χ2v) is 18.6. The van der Waals surface area contributed by atoms with Gasteiger partial charge < -0.3 is 27.0 Å². The van der Waals surface area contributed by atoms with Crippen molar-refractivity contribution in [2.45, 2.75) is 106 Å². The van der Waals surface area contributed by atoms with E-state index in [0.717, 1.165) is 54.3 Å². The number of hydrogen-bond acceptors (Lipinski definition) is 11. The van der Waals surface area contributed by atoms with E-state index in [0.29, 0.717) is 48.1 Å². The fraction of sp³-hybridized carbons (Fsp3) is 0.432. The van der Waals surface area contributed by atoms with Gasteiger partial charge in [-0.1, -0.05) is 30.7 Å². The first-order valence-electron chi connectivity index (χ1n) is 21.1. The quantitative estimate of drug-likeness (QED) is 0.0543. The van der Waals surface area contributed by atoms with Crippen LogP contribution in [0.15, 0.2) is 64.3 Å². The minimum Gasteiger partial charge on any atom is -0.385 e. The molecule has 63 heavy (non-hydrogen) atoms. The van der Waals surface area contributed by atoms with Crippen molar-refractivity contribution in [1.29, 1.82) is 0 Å². The highest BCUT2D eigenvalue weighted by molar-refractivity contribution is 7.90. The van der Waals surface area contributed by atoms with Crippen LogP contribution in [0.2, 0.25) is 0 Å². The number of carbonyl (C=O) groups is 6. The number of fused-ring (bicyclic) bond motifs is 1. The molecule has 1 fully saturated rings. The summed E-state index contributed by atoms with van der Waals surface area (Å²) in [6.45, 7) is 0.701. The van der Waals surface area contributed by atoms with Gasteiger partial charge in [-0.3, -0.25) is 48.1 Å². The van der Waals surface area contributed by atoms with Crippen LogP contribution in [0.25, 0.3) is 11.0 Å². The van der Waals surface area contributed by atoms with E-state index in [-0.39, 0.29) is 61.0 Å². The van der Waals surface area contributed by atoms with Gasteiger partial charge in [0.15, 0.2) is 9.84 Å². The van der Waals surface area contributed by atoms with E-state index in [2.05, 4.69) is 28.1 Å². The van der Waals surface area contributed by atoms with E-state index in [1.165, 1.54) is 26.2 Å². The third-order valence-electron chi connectivity index (χ3n) is 12.2. The molecule has 1 aromatic heterocycles. The molecule has 0 aliphatic carbocycles. The molecule has 0 bridgehead atoms. The van der Waals surface area contributed by atoms with Crippen LogP contribution in [0.4, 0.5) is 11.4 Å². The molecule has 3 aliphatic heterocycles. The summed E-state index contributed by atoms with van der Waals surface area (Å²) in [4.78, 5) is 93.0. The Labute approximate surface area is 364 Å². The maximum absolute atomic E-state index is 13.9. The average molecular weight is 884 g/mol. The largest absolute Gasteiger partial charge is 0.385 e. The molecular formula is C44H53N9O9S. The number of imide groups is 1. The molecule has 3 aliphatic rings. The van der Waals surface area contributed by atoms with Crippen molar-refractivity contribution in [3.63, 3.8) is 0 Å². The molecule has 334 valence electrons. The Bertz CT molecular complexity index is 2640. The summed E-state index contributed by atoms with van der Waals surface area (Å²) in [5, 5.41) is 8.57. The van der Waals surface area contributed by atoms with Crippen LogP contribution in [-0.4, -0.2) is 89.4 Å². The Morgan fingerprint density at radius 1 is 0.952 bits per heavy atom. The van der Waals surface area contributed by atoms with E-state index in [4.69, 9.17) is 11.5 Å². The lowest BCUT2D eigenvalue weighted by Gasteiger charge is -2.38. The number of nitrogens with two attached hydrogens (primary N) is 2. The topological polar surface area (TPSA) is 258 Å². The minimum absolute atomic E-state index is 0.0193. The molecule has 0 saturated carbocycles. The number of nitrogens with zero attached hydrogens (tertiary/aromatic N) is 4. The standard InChI is InChI=1S/C44H53N9O9S/c1-50-36-23-30(10-14-33(36)52(44(50)60)35-16-18-38(56)49-42(35)58)47-19-5-3-4-6-27-20-28-9-13-32(45)43(59)53-39(22-29(21-27)40(28)53)51(25-54)34(15-17-37(46)55)41(57)48-24-26-7-11-31(12-8-26)63(2,61)62/h7-8,10-12,14,20-21,23,25,32,34-35,39,47H,3-6,9,13,15-19,22,24,45H2,1-2H3,(H2,46,55)(H,48,57)(H,49,56,58)/t32-,34-,35?,39-/m0/s1. The van der Waals surface area contributed by atoms with E-state index in [9.17, 15) is 42.0 Å². The number of benzene rings is 3. The lowest BCUT2D eigenvalue weighted by Crippen LogP contribution is -2.59. The van der Waals surface area contributed by atoms with E-state index in [1.54, 1.807) is 24.1 Å². The molecule has 0 spiro atoms. The Hall–Kier alpha value is -6.34. The molecule has 3 aromatic carbocycles. The number of aryl methyl sites for hydroxylation is 3. The molecule has 6 amide bonds. The lowest BCUT2D eigenvalue weighted by molar-refractivity contribution is -0.137. The van der Waals surface area contributed by atoms with E-state index >= 15 is 0 Å². The van der Waals surface area contributed by atoms with E-state index < -0.39 is 51.9 Å². The first kappa shape index (κ1) is 44.7. The molecular weight excluding hydrogens is 831 g/mol. The number of aromatic nitrogens is 2. The minimum atomic E-state index is -3.42. The SMILES string of the molecule is Cn1c(=O)n(C2CCC(=O)NC2=O)c2ccc(NCCCCCc3cc4c5c(c3)C[C@@H](N(C=O)[C@@H](CCC(N)=O)C(=O)NCc3ccc(S(C)(=O)=O)cc3)N5C(=O)[C@@H](N)CC4)cc21. The van der Waals surface area contributed by atoms with Crippen molar-refractivity contribution >= 4 is 68.2 Å².